The molecule has 7 aromatic rings. The SMILES string of the molecule is O=P(c1ccccc1)(c1ccc(-c2cc3ccccc3c3ccccc23)cc1)c1cccc2ccccc12. The van der Waals surface area contributed by atoms with Crippen LogP contribution in [0, 0.1) is 0 Å². The van der Waals surface area contributed by atoms with Crippen LogP contribution >= 0.6 is 7.14 Å². The van der Waals surface area contributed by atoms with Crippen molar-refractivity contribution in [1.29, 1.82) is 0 Å². The molecular formula is C36H25OP. The van der Waals surface area contributed by atoms with Crippen LogP contribution in [0.2, 0.25) is 0 Å². The Morgan fingerprint density at radius 3 is 1.71 bits per heavy atom. The predicted molar refractivity (Wildman–Crippen MR) is 164 cm³/mol. The molecule has 1 atom stereocenters. The maximum atomic E-state index is 15.3. The van der Waals surface area contributed by atoms with E-state index in [-0.39, 0.29) is 0 Å². The molecule has 180 valence electrons. The maximum absolute atomic E-state index is 15.3. The highest BCUT2D eigenvalue weighted by molar-refractivity contribution is 7.85. The van der Waals surface area contributed by atoms with Gasteiger partial charge in [0.25, 0.3) is 0 Å². The Kier molecular flexibility index (Phi) is 5.46. The van der Waals surface area contributed by atoms with Crippen LogP contribution in [0.4, 0.5) is 0 Å². The summed E-state index contributed by atoms with van der Waals surface area (Å²) < 4.78 is 15.3. The summed E-state index contributed by atoms with van der Waals surface area (Å²) in [6, 6.07) is 52.0. The Hall–Kier alpha value is -4.45. The maximum Gasteiger partial charge on any atom is 0.171 e. The van der Waals surface area contributed by atoms with Gasteiger partial charge in [0.15, 0.2) is 7.14 Å². The summed E-state index contributed by atoms with van der Waals surface area (Å²) >= 11 is 0. The lowest BCUT2D eigenvalue weighted by Gasteiger charge is -2.22. The van der Waals surface area contributed by atoms with Crippen molar-refractivity contribution in [2.45, 2.75) is 0 Å². The molecule has 38 heavy (non-hydrogen) atoms. The molecule has 1 unspecified atom stereocenters. The molecule has 0 spiro atoms. The first-order valence-corrected chi connectivity index (χ1v) is 14.6. The minimum absolute atomic E-state index is 0.842. The first-order chi connectivity index (χ1) is 18.7. The van der Waals surface area contributed by atoms with Crippen molar-refractivity contribution in [2.75, 3.05) is 0 Å². The highest BCUT2D eigenvalue weighted by Crippen LogP contribution is 2.45. The fraction of sp³-hybridized carbons (Fsp3) is 0. The summed E-state index contributed by atoms with van der Waals surface area (Å²) in [6.07, 6.45) is 0. The zero-order valence-electron chi connectivity index (χ0n) is 20.8. The Morgan fingerprint density at radius 2 is 0.947 bits per heavy atom. The van der Waals surface area contributed by atoms with Crippen molar-refractivity contribution < 1.29 is 4.57 Å². The van der Waals surface area contributed by atoms with E-state index in [1.165, 1.54) is 27.1 Å². The van der Waals surface area contributed by atoms with Gasteiger partial charge in [0.1, 0.15) is 0 Å². The number of fused-ring (bicyclic) bond motifs is 4. The third-order valence-electron chi connectivity index (χ3n) is 7.54. The van der Waals surface area contributed by atoms with Gasteiger partial charge in [-0.05, 0) is 49.5 Å². The zero-order valence-corrected chi connectivity index (χ0v) is 21.7. The molecule has 2 heteroatoms. The van der Waals surface area contributed by atoms with Gasteiger partial charge >= 0.3 is 0 Å². The van der Waals surface area contributed by atoms with Gasteiger partial charge in [-0.15, -0.1) is 0 Å². The zero-order chi connectivity index (χ0) is 25.5. The summed E-state index contributed by atoms with van der Waals surface area (Å²) in [4.78, 5) is 0. The van der Waals surface area contributed by atoms with Crippen LogP contribution in [-0.4, -0.2) is 0 Å². The fourth-order valence-corrected chi connectivity index (χ4v) is 8.55. The van der Waals surface area contributed by atoms with E-state index in [9.17, 15) is 0 Å². The van der Waals surface area contributed by atoms with Gasteiger partial charge in [-0.1, -0.05) is 146 Å². The highest BCUT2D eigenvalue weighted by atomic mass is 31.2. The van der Waals surface area contributed by atoms with E-state index >= 15 is 4.57 Å². The number of hydrogen-bond donors (Lipinski definition) is 0. The topological polar surface area (TPSA) is 17.1 Å². The lowest BCUT2D eigenvalue weighted by atomic mass is 9.93. The molecule has 0 bridgehead atoms. The van der Waals surface area contributed by atoms with E-state index in [4.69, 9.17) is 0 Å². The summed E-state index contributed by atoms with van der Waals surface area (Å²) in [6.45, 7) is 0. The molecule has 7 aromatic carbocycles. The Labute approximate surface area is 222 Å². The number of rotatable bonds is 4. The standard InChI is InChI=1S/C36H25OP/c37-38(29-14-2-1-3-15-29,36-20-10-13-26-11-4-7-17-32(26)36)30-23-21-27(22-24-30)35-25-28-12-5-6-16-31(28)33-18-8-9-19-34(33)35/h1-25H. The molecule has 1 nitrogen and oxygen atoms in total. The third-order valence-corrected chi connectivity index (χ3v) is 10.7. The molecule has 0 aromatic heterocycles. The Morgan fingerprint density at radius 1 is 0.395 bits per heavy atom. The van der Waals surface area contributed by atoms with Crippen LogP contribution in [0.5, 0.6) is 0 Å². The molecule has 0 aliphatic carbocycles. The van der Waals surface area contributed by atoms with Gasteiger partial charge in [-0.3, -0.25) is 0 Å². The predicted octanol–water partition coefficient (Wildman–Crippen LogP) is 8.45. The average Bonchev–Trinajstić information content (AvgIpc) is 3.00. The van der Waals surface area contributed by atoms with Gasteiger partial charge in [0, 0.05) is 15.9 Å². The molecule has 0 heterocycles. The average molecular weight is 505 g/mol. The Balaban J connectivity index is 1.44. The number of hydrogen-bond acceptors (Lipinski definition) is 1. The minimum Gasteiger partial charge on any atom is -0.309 e. The summed E-state index contributed by atoms with van der Waals surface area (Å²) in [5, 5.41) is 9.64. The highest BCUT2D eigenvalue weighted by Gasteiger charge is 2.31. The van der Waals surface area contributed by atoms with E-state index in [1.807, 2.05) is 54.6 Å². The van der Waals surface area contributed by atoms with Crippen molar-refractivity contribution in [3.05, 3.63) is 152 Å². The van der Waals surface area contributed by atoms with E-state index in [1.54, 1.807) is 0 Å². The van der Waals surface area contributed by atoms with Crippen LogP contribution in [0.3, 0.4) is 0 Å². The lowest BCUT2D eigenvalue weighted by Crippen LogP contribution is -2.25. The quantitative estimate of drug-likeness (QED) is 0.174. The van der Waals surface area contributed by atoms with Gasteiger partial charge in [0.05, 0.1) is 0 Å². The van der Waals surface area contributed by atoms with Gasteiger partial charge < -0.3 is 4.57 Å². The van der Waals surface area contributed by atoms with E-state index in [2.05, 4.69) is 97.1 Å². The van der Waals surface area contributed by atoms with Crippen molar-refractivity contribution in [3.8, 4) is 11.1 Å². The Bertz CT molecular complexity index is 1980. The largest absolute Gasteiger partial charge is 0.309 e. The molecule has 0 amide bonds. The molecule has 0 fully saturated rings. The molecule has 0 aliphatic heterocycles. The normalized spacial score (nSPS) is 13.1. The fourth-order valence-electron chi connectivity index (χ4n) is 5.69. The second-order valence-electron chi connectivity index (χ2n) is 9.68. The molecule has 0 aliphatic rings. The molecule has 0 saturated carbocycles. The van der Waals surface area contributed by atoms with E-state index in [0.29, 0.717) is 0 Å². The van der Waals surface area contributed by atoms with Crippen molar-refractivity contribution in [3.63, 3.8) is 0 Å². The molecule has 0 radical (unpaired) electrons. The van der Waals surface area contributed by atoms with Gasteiger partial charge in [0.2, 0.25) is 0 Å². The van der Waals surface area contributed by atoms with Gasteiger partial charge in [-0.2, -0.15) is 0 Å². The third kappa shape index (κ3) is 3.59. The minimum atomic E-state index is -3.12. The molecular weight excluding hydrogens is 479 g/mol. The molecule has 0 saturated heterocycles. The molecule has 7 rings (SSSR count). The first-order valence-electron chi connectivity index (χ1n) is 12.9. The second-order valence-corrected chi connectivity index (χ2v) is 12.4. The van der Waals surface area contributed by atoms with Crippen LogP contribution < -0.4 is 15.9 Å². The summed E-state index contributed by atoms with van der Waals surface area (Å²) in [7, 11) is -3.12. The monoisotopic (exact) mass is 504 g/mol. The van der Waals surface area contributed by atoms with Crippen LogP contribution in [0.1, 0.15) is 0 Å². The van der Waals surface area contributed by atoms with Crippen LogP contribution in [-0.2, 0) is 4.57 Å². The summed E-state index contributed by atoms with van der Waals surface area (Å²) in [5.41, 5.74) is 2.30. The van der Waals surface area contributed by atoms with Gasteiger partial charge in [-0.25, -0.2) is 0 Å². The van der Waals surface area contributed by atoms with Crippen LogP contribution in [0.25, 0.3) is 43.4 Å². The van der Waals surface area contributed by atoms with Crippen molar-refractivity contribution in [1.82, 2.24) is 0 Å². The second kappa shape index (κ2) is 9.14. The smallest absolute Gasteiger partial charge is 0.171 e. The van der Waals surface area contributed by atoms with Crippen LogP contribution in [0.15, 0.2) is 152 Å². The summed E-state index contributed by atoms with van der Waals surface area (Å²) in [5.74, 6) is 0. The van der Waals surface area contributed by atoms with E-state index in [0.717, 1.165) is 32.2 Å². The van der Waals surface area contributed by atoms with Crippen molar-refractivity contribution >= 4 is 55.4 Å². The lowest BCUT2D eigenvalue weighted by molar-refractivity contribution is 0.592. The molecule has 0 N–H and O–H groups in total. The first kappa shape index (κ1) is 22.7. The van der Waals surface area contributed by atoms with E-state index < -0.39 is 7.14 Å². The van der Waals surface area contributed by atoms with Crippen molar-refractivity contribution in [2.24, 2.45) is 0 Å². The number of benzene rings is 7.